The highest BCUT2D eigenvalue weighted by Gasteiger charge is 2.25. The van der Waals surface area contributed by atoms with Crippen molar-refractivity contribution in [3.8, 4) is 0 Å². The molecule has 0 amide bonds. The summed E-state index contributed by atoms with van der Waals surface area (Å²) in [6.45, 7) is 13.3. The van der Waals surface area contributed by atoms with Gasteiger partial charge in [-0.15, -0.1) is 0 Å². The van der Waals surface area contributed by atoms with Crippen LogP contribution in [-0.2, 0) is 0 Å². The molecule has 0 aromatic carbocycles. The molecule has 1 unspecified atom stereocenters. The second-order valence-electron chi connectivity index (χ2n) is 3.92. The lowest BCUT2D eigenvalue weighted by Gasteiger charge is -2.18. The van der Waals surface area contributed by atoms with E-state index in [0.717, 1.165) is 6.04 Å². The molecule has 76 valence electrons. The van der Waals surface area contributed by atoms with E-state index in [4.69, 9.17) is 0 Å². The van der Waals surface area contributed by atoms with Gasteiger partial charge in [0.25, 0.3) is 0 Å². The van der Waals surface area contributed by atoms with Gasteiger partial charge in [-0.3, -0.25) is 0 Å². The van der Waals surface area contributed by atoms with Gasteiger partial charge < -0.3 is 4.90 Å². The molecule has 1 saturated heterocycles. The van der Waals surface area contributed by atoms with Crippen LogP contribution in [0.4, 0.5) is 0 Å². The van der Waals surface area contributed by atoms with Gasteiger partial charge in [0.05, 0.1) is 0 Å². The lowest BCUT2D eigenvalue weighted by molar-refractivity contribution is -0.536. The molecule has 13 heavy (non-hydrogen) atoms. The molecule has 1 atom stereocenters. The molecule has 1 fully saturated rings. The zero-order chi connectivity index (χ0) is 9.68. The first-order valence-electron chi connectivity index (χ1n) is 5.57. The van der Waals surface area contributed by atoms with Crippen molar-refractivity contribution in [3.05, 3.63) is 0 Å². The molecule has 2 heteroatoms. The summed E-state index contributed by atoms with van der Waals surface area (Å²) >= 11 is 0. The zero-order valence-electron chi connectivity index (χ0n) is 9.13. The molecule has 1 rings (SSSR count). The van der Waals surface area contributed by atoms with Gasteiger partial charge in [0.2, 0.25) is 0 Å². The summed E-state index contributed by atoms with van der Waals surface area (Å²) in [6, 6.07) is 0.751. The normalized spacial score (nSPS) is 23.0. The third-order valence-corrected chi connectivity index (χ3v) is 3.17. The van der Waals surface area contributed by atoms with E-state index in [1.54, 1.807) is 0 Å². The van der Waals surface area contributed by atoms with E-state index in [0.29, 0.717) is 0 Å². The van der Waals surface area contributed by atoms with Gasteiger partial charge in [-0.1, -0.05) is 13.8 Å². The standard InChI is InChI=1S/C11H23N2/c1-4-13(5-2)10-8-11-7-6-9-12(11)3/h11H,3-10H2,1-2H3/q+1. The summed E-state index contributed by atoms with van der Waals surface area (Å²) in [4.78, 5) is 2.49. The monoisotopic (exact) mass is 183 g/mol. The van der Waals surface area contributed by atoms with E-state index in [1.165, 1.54) is 45.4 Å². The molecule has 2 nitrogen and oxygen atoms in total. The van der Waals surface area contributed by atoms with Crippen LogP contribution in [0.1, 0.15) is 33.1 Å². The highest BCUT2D eigenvalue weighted by Crippen LogP contribution is 2.14. The summed E-state index contributed by atoms with van der Waals surface area (Å²) in [7, 11) is 0. The fraction of sp³-hybridized carbons (Fsp3) is 0.909. The highest BCUT2D eigenvalue weighted by atomic mass is 15.1. The minimum atomic E-state index is 0.751. The predicted octanol–water partition coefficient (Wildman–Crippen LogP) is 1.59. The molecule has 0 aromatic heterocycles. The first kappa shape index (κ1) is 10.7. The van der Waals surface area contributed by atoms with Crippen molar-refractivity contribution in [1.82, 2.24) is 4.90 Å². The van der Waals surface area contributed by atoms with Crippen molar-refractivity contribution in [2.45, 2.75) is 39.2 Å². The van der Waals surface area contributed by atoms with Crippen molar-refractivity contribution >= 4 is 6.72 Å². The Morgan fingerprint density at radius 1 is 1.38 bits per heavy atom. The summed E-state index contributed by atoms with van der Waals surface area (Å²) in [6.07, 6.45) is 3.99. The molecule has 1 heterocycles. The van der Waals surface area contributed by atoms with Gasteiger partial charge in [0.15, 0.2) is 6.04 Å². The number of hydrogen-bond donors (Lipinski definition) is 0. The van der Waals surface area contributed by atoms with Crippen LogP contribution in [0, 0.1) is 0 Å². The van der Waals surface area contributed by atoms with E-state index in [-0.39, 0.29) is 0 Å². The van der Waals surface area contributed by atoms with Crippen LogP contribution >= 0.6 is 0 Å². The Kier molecular flexibility index (Phi) is 4.43. The molecule has 0 saturated carbocycles. The molecule has 0 bridgehead atoms. The molecule has 0 N–H and O–H groups in total. The van der Waals surface area contributed by atoms with Crippen LogP contribution in [-0.4, -0.2) is 48.4 Å². The van der Waals surface area contributed by atoms with Gasteiger partial charge in [-0.05, 0) is 13.1 Å². The van der Waals surface area contributed by atoms with Crippen LogP contribution in [0.5, 0.6) is 0 Å². The van der Waals surface area contributed by atoms with Gasteiger partial charge >= 0.3 is 0 Å². The molecule has 0 aromatic rings. The van der Waals surface area contributed by atoms with Crippen molar-refractivity contribution in [3.63, 3.8) is 0 Å². The second-order valence-corrected chi connectivity index (χ2v) is 3.92. The molecular formula is C11H23N2+. The summed E-state index contributed by atoms with van der Waals surface area (Å²) in [5.41, 5.74) is 0. The van der Waals surface area contributed by atoms with E-state index in [9.17, 15) is 0 Å². The smallest absolute Gasteiger partial charge is 0.153 e. The predicted molar refractivity (Wildman–Crippen MR) is 57.7 cm³/mol. The van der Waals surface area contributed by atoms with Crippen molar-refractivity contribution < 1.29 is 4.58 Å². The first-order valence-corrected chi connectivity index (χ1v) is 5.57. The minimum absolute atomic E-state index is 0.751. The van der Waals surface area contributed by atoms with Crippen molar-refractivity contribution in [2.24, 2.45) is 0 Å². The highest BCUT2D eigenvalue weighted by molar-refractivity contribution is 5.15. The summed E-state index contributed by atoms with van der Waals surface area (Å²) in [5.74, 6) is 0. The molecular weight excluding hydrogens is 160 g/mol. The largest absolute Gasteiger partial charge is 0.304 e. The number of rotatable bonds is 5. The average molecular weight is 183 g/mol. The molecule has 0 radical (unpaired) electrons. The van der Waals surface area contributed by atoms with Crippen molar-refractivity contribution in [2.75, 3.05) is 26.2 Å². The summed E-state index contributed by atoms with van der Waals surface area (Å²) in [5, 5.41) is 0. The van der Waals surface area contributed by atoms with Crippen LogP contribution < -0.4 is 0 Å². The Bertz CT molecular complexity index is 161. The Hall–Kier alpha value is -0.370. The van der Waals surface area contributed by atoms with E-state index in [2.05, 4.69) is 30.0 Å². The summed E-state index contributed by atoms with van der Waals surface area (Å²) < 4.78 is 2.27. The van der Waals surface area contributed by atoms with Crippen LogP contribution in [0.2, 0.25) is 0 Å². The van der Waals surface area contributed by atoms with Gasteiger partial charge in [-0.2, -0.15) is 0 Å². The second kappa shape index (κ2) is 5.38. The fourth-order valence-electron chi connectivity index (χ4n) is 2.09. The zero-order valence-corrected chi connectivity index (χ0v) is 9.13. The number of hydrogen-bond acceptors (Lipinski definition) is 1. The van der Waals surface area contributed by atoms with E-state index in [1.807, 2.05) is 0 Å². The molecule has 0 aliphatic carbocycles. The maximum Gasteiger partial charge on any atom is 0.153 e. The van der Waals surface area contributed by atoms with E-state index >= 15 is 0 Å². The maximum absolute atomic E-state index is 4.06. The lowest BCUT2D eigenvalue weighted by Crippen LogP contribution is -2.29. The quantitative estimate of drug-likeness (QED) is 0.587. The Labute approximate surface area is 82.2 Å². The van der Waals surface area contributed by atoms with Crippen molar-refractivity contribution in [1.29, 1.82) is 0 Å². The van der Waals surface area contributed by atoms with Gasteiger partial charge in [0, 0.05) is 25.8 Å². The topological polar surface area (TPSA) is 6.25 Å². The third-order valence-electron chi connectivity index (χ3n) is 3.17. The minimum Gasteiger partial charge on any atom is -0.304 e. The molecule has 1 aliphatic rings. The average Bonchev–Trinajstić information content (AvgIpc) is 2.54. The first-order chi connectivity index (χ1) is 6.27. The van der Waals surface area contributed by atoms with Crippen LogP contribution in [0.3, 0.4) is 0 Å². The Morgan fingerprint density at radius 3 is 2.54 bits per heavy atom. The molecule has 0 spiro atoms. The van der Waals surface area contributed by atoms with Crippen LogP contribution in [0.25, 0.3) is 0 Å². The number of nitrogens with zero attached hydrogens (tertiary/aromatic N) is 2. The van der Waals surface area contributed by atoms with Crippen LogP contribution in [0.15, 0.2) is 0 Å². The Balaban J connectivity index is 2.20. The Morgan fingerprint density at radius 2 is 2.08 bits per heavy atom. The molecule has 1 aliphatic heterocycles. The lowest BCUT2D eigenvalue weighted by atomic mass is 10.1. The van der Waals surface area contributed by atoms with Gasteiger partial charge in [-0.25, -0.2) is 4.58 Å². The SMILES string of the molecule is C=[N+]1CCCC1CCN(CC)CC. The third kappa shape index (κ3) is 3.11. The maximum atomic E-state index is 4.06. The van der Waals surface area contributed by atoms with E-state index < -0.39 is 0 Å². The van der Waals surface area contributed by atoms with Gasteiger partial charge in [0.1, 0.15) is 13.3 Å². The fourth-order valence-corrected chi connectivity index (χ4v) is 2.09.